The molecule has 62 valence electrons. The molecule has 0 radical (unpaired) electrons. The molecule has 3 heteroatoms. The number of aliphatic hydroxyl groups is 2. The predicted molar refractivity (Wildman–Crippen MR) is 41.3 cm³/mol. The SMILES string of the molecule is CN1C2C=C(O)C1CC(O)C2. The normalized spacial score (nSPS) is 44.2. The topological polar surface area (TPSA) is 43.7 Å². The van der Waals surface area contributed by atoms with Crippen molar-refractivity contribution in [1.29, 1.82) is 0 Å². The predicted octanol–water partition coefficient (Wildman–Crippen LogP) is 0.266. The summed E-state index contributed by atoms with van der Waals surface area (Å²) < 4.78 is 0. The highest BCUT2D eigenvalue weighted by Crippen LogP contribution is 2.32. The molecule has 0 saturated carbocycles. The zero-order valence-corrected chi connectivity index (χ0v) is 6.57. The molecular weight excluding hydrogens is 142 g/mol. The van der Waals surface area contributed by atoms with Crippen molar-refractivity contribution in [3.8, 4) is 0 Å². The molecule has 0 aliphatic carbocycles. The third-order valence-electron chi connectivity index (χ3n) is 2.73. The van der Waals surface area contributed by atoms with Gasteiger partial charge in [-0.15, -0.1) is 0 Å². The fourth-order valence-electron chi connectivity index (χ4n) is 2.02. The summed E-state index contributed by atoms with van der Waals surface area (Å²) in [6, 6.07) is 0.326. The van der Waals surface area contributed by atoms with Crippen molar-refractivity contribution in [2.24, 2.45) is 0 Å². The molecule has 1 fully saturated rings. The van der Waals surface area contributed by atoms with E-state index in [4.69, 9.17) is 0 Å². The van der Waals surface area contributed by atoms with Gasteiger partial charge in [-0.3, -0.25) is 4.90 Å². The molecule has 0 amide bonds. The van der Waals surface area contributed by atoms with Gasteiger partial charge in [0, 0.05) is 6.04 Å². The molecule has 0 spiro atoms. The third kappa shape index (κ3) is 0.957. The first-order chi connectivity index (χ1) is 5.18. The maximum atomic E-state index is 9.40. The van der Waals surface area contributed by atoms with E-state index in [-0.39, 0.29) is 18.2 Å². The molecule has 2 N–H and O–H groups in total. The Bertz CT molecular complexity index is 202. The van der Waals surface area contributed by atoms with Crippen molar-refractivity contribution in [1.82, 2.24) is 4.90 Å². The average Bonchev–Trinajstić information content (AvgIpc) is 2.17. The third-order valence-corrected chi connectivity index (χ3v) is 2.73. The summed E-state index contributed by atoms with van der Waals surface area (Å²) in [5.41, 5.74) is 0. The van der Waals surface area contributed by atoms with Gasteiger partial charge in [-0.2, -0.15) is 0 Å². The first-order valence-electron chi connectivity index (χ1n) is 3.99. The molecule has 2 aliphatic rings. The minimum Gasteiger partial charge on any atom is -0.511 e. The summed E-state index contributed by atoms with van der Waals surface area (Å²) in [6.45, 7) is 0. The van der Waals surface area contributed by atoms with Crippen LogP contribution in [0.1, 0.15) is 12.8 Å². The minimum absolute atomic E-state index is 0.0729. The Kier molecular flexibility index (Phi) is 1.44. The van der Waals surface area contributed by atoms with Crippen LogP contribution >= 0.6 is 0 Å². The lowest BCUT2D eigenvalue weighted by Crippen LogP contribution is -2.43. The fraction of sp³-hybridized carbons (Fsp3) is 0.750. The molecule has 11 heavy (non-hydrogen) atoms. The molecule has 0 aromatic heterocycles. The first kappa shape index (κ1) is 7.13. The lowest BCUT2D eigenvalue weighted by molar-refractivity contribution is 0.0475. The second kappa shape index (κ2) is 2.22. The molecule has 2 aliphatic heterocycles. The van der Waals surface area contributed by atoms with Crippen LogP contribution in [0.15, 0.2) is 11.8 Å². The molecule has 3 nitrogen and oxygen atoms in total. The van der Waals surface area contributed by atoms with Crippen LogP contribution in [0.5, 0.6) is 0 Å². The maximum Gasteiger partial charge on any atom is 0.107 e. The standard InChI is InChI=1S/C8H13NO2/c1-9-5-2-6(10)4-7(9)8(11)3-5/h3,5-7,10-11H,2,4H2,1H3. The van der Waals surface area contributed by atoms with Gasteiger partial charge in [0.2, 0.25) is 0 Å². The van der Waals surface area contributed by atoms with Crippen molar-refractivity contribution in [3.05, 3.63) is 11.8 Å². The van der Waals surface area contributed by atoms with Crippen LogP contribution in [0.2, 0.25) is 0 Å². The molecule has 2 rings (SSSR count). The van der Waals surface area contributed by atoms with Crippen LogP contribution in [0.25, 0.3) is 0 Å². The number of rotatable bonds is 0. The molecule has 3 unspecified atom stereocenters. The Morgan fingerprint density at radius 2 is 2.27 bits per heavy atom. The van der Waals surface area contributed by atoms with E-state index >= 15 is 0 Å². The van der Waals surface area contributed by atoms with E-state index < -0.39 is 0 Å². The van der Waals surface area contributed by atoms with E-state index in [1.807, 2.05) is 13.1 Å². The van der Waals surface area contributed by atoms with Crippen LogP contribution in [0.4, 0.5) is 0 Å². The highest BCUT2D eigenvalue weighted by atomic mass is 16.3. The van der Waals surface area contributed by atoms with Gasteiger partial charge < -0.3 is 10.2 Å². The van der Waals surface area contributed by atoms with E-state index in [9.17, 15) is 10.2 Å². The van der Waals surface area contributed by atoms with Crippen LogP contribution < -0.4 is 0 Å². The van der Waals surface area contributed by atoms with Crippen LogP contribution in [-0.2, 0) is 0 Å². The number of hydrogen-bond acceptors (Lipinski definition) is 3. The lowest BCUT2D eigenvalue weighted by Gasteiger charge is -2.33. The molecule has 0 aromatic rings. The van der Waals surface area contributed by atoms with E-state index in [0.29, 0.717) is 12.2 Å². The Labute approximate surface area is 65.9 Å². The number of piperidine rings is 1. The van der Waals surface area contributed by atoms with Crippen molar-refractivity contribution >= 4 is 0 Å². The summed E-state index contributed by atoms with van der Waals surface area (Å²) in [7, 11) is 1.99. The first-order valence-corrected chi connectivity index (χ1v) is 3.99. The highest BCUT2D eigenvalue weighted by Gasteiger charge is 2.38. The zero-order chi connectivity index (χ0) is 8.01. The fourth-order valence-corrected chi connectivity index (χ4v) is 2.02. The lowest BCUT2D eigenvalue weighted by atomic mass is 10.00. The number of fused-ring (bicyclic) bond motifs is 2. The van der Waals surface area contributed by atoms with Gasteiger partial charge in [0.05, 0.1) is 12.1 Å². The Hall–Kier alpha value is -0.540. The molecule has 1 saturated heterocycles. The minimum atomic E-state index is -0.234. The van der Waals surface area contributed by atoms with Gasteiger partial charge in [-0.25, -0.2) is 0 Å². The van der Waals surface area contributed by atoms with Crippen molar-refractivity contribution in [2.75, 3.05) is 7.05 Å². The summed E-state index contributed by atoms with van der Waals surface area (Å²) in [5, 5.41) is 18.8. The average molecular weight is 155 g/mol. The van der Waals surface area contributed by atoms with Gasteiger partial charge >= 0.3 is 0 Å². The molecule has 0 aromatic carbocycles. The Morgan fingerprint density at radius 3 is 2.91 bits per heavy atom. The summed E-state index contributed by atoms with van der Waals surface area (Å²) in [6.07, 6.45) is 3.05. The van der Waals surface area contributed by atoms with Gasteiger partial charge in [-0.1, -0.05) is 0 Å². The summed E-state index contributed by atoms with van der Waals surface area (Å²) in [5.74, 6) is 0.439. The smallest absolute Gasteiger partial charge is 0.107 e. The molecular formula is C8H13NO2. The van der Waals surface area contributed by atoms with Crippen LogP contribution in [-0.4, -0.2) is 40.3 Å². The number of aliphatic hydroxyl groups excluding tert-OH is 2. The largest absolute Gasteiger partial charge is 0.511 e. The number of nitrogens with zero attached hydrogens (tertiary/aromatic N) is 1. The second-order valence-corrected chi connectivity index (χ2v) is 3.47. The van der Waals surface area contributed by atoms with Crippen LogP contribution in [0.3, 0.4) is 0 Å². The van der Waals surface area contributed by atoms with Crippen molar-refractivity contribution in [3.63, 3.8) is 0 Å². The summed E-state index contributed by atoms with van der Waals surface area (Å²) >= 11 is 0. The maximum absolute atomic E-state index is 9.40. The molecule has 2 bridgehead atoms. The van der Waals surface area contributed by atoms with Gasteiger partial charge in [0.1, 0.15) is 5.76 Å². The van der Waals surface area contributed by atoms with Gasteiger partial charge in [-0.05, 0) is 26.0 Å². The highest BCUT2D eigenvalue weighted by molar-refractivity contribution is 5.18. The van der Waals surface area contributed by atoms with Gasteiger partial charge in [0.25, 0.3) is 0 Å². The molecule has 2 heterocycles. The van der Waals surface area contributed by atoms with Crippen LogP contribution in [0, 0.1) is 0 Å². The van der Waals surface area contributed by atoms with Crippen molar-refractivity contribution < 1.29 is 10.2 Å². The number of likely N-dealkylation sites (N-methyl/N-ethyl adjacent to an activating group) is 1. The Balaban J connectivity index is 2.21. The quantitative estimate of drug-likeness (QED) is 0.527. The van der Waals surface area contributed by atoms with Gasteiger partial charge in [0.15, 0.2) is 0 Å². The van der Waals surface area contributed by atoms with E-state index in [2.05, 4.69) is 4.90 Å². The second-order valence-electron chi connectivity index (χ2n) is 3.47. The van der Waals surface area contributed by atoms with E-state index in [1.54, 1.807) is 0 Å². The van der Waals surface area contributed by atoms with E-state index in [0.717, 1.165) is 6.42 Å². The van der Waals surface area contributed by atoms with E-state index in [1.165, 1.54) is 0 Å². The zero-order valence-electron chi connectivity index (χ0n) is 6.57. The number of hydrogen-bond donors (Lipinski definition) is 2. The Morgan fingerprint density at radius 1 is 1.55 bits per heavy atom. The molecule has 3 atom stereocenters. The van der Waals surface area contributed by atoms with Crippen molar-refractivity contribution in [2.45, 2.75) is 31.0 Å². The monoisotopic (exact) mass is 155 g/mol. The summed E-state index contributed by atoms with van der Waals surface area (Å²) in [4.78, 5) is 2.11.